The second kappa shape index (κ2) is 6.63. The third-order valence-electron chi connectivity index (χ3n) is 6.64. The predicted molar refractivity (Wildman–Crippen MR) is 110 cm³/mol. The van der Waals surface area contributed by atoms with E-state index in [1.54, 1.807) is 12.1 Å². The summed E-state index contributed by atoms with van der Waals surface area (Å²) in [5.74, 6) is -1.45. The van der Waals surface area contributed by atoms with E-state index in [2.05, 4.69) is 4.90 Å². The Labute approximate surface area is 170 Å². The van der Waals surface area contributed by atoms with Crippen molar-refractivity contribution < 1.29 is 14.4 Å². The highest BCUT2D eigenvalue weighted by Crippen LogP contribution is 2.48. The van der Waals surface area contributed by atoms with Crippen molar-refractivity contribution in [3.63, 3.8) is 0 Å². The van der Waals surface area contributed by atoms with Gasteiger partial charge < -0.3 is 0 Å². The van der Waals surface area contributed by atoms with Gasteiger partial charge in [-0.25, -0.2) is 4.90 Å². The molecular weight excluding hydrogens is 364 g/mol. The molecule has 0 aliphatic carbocycles. The van der Waals surface area contributed by atoms with Gasteiger partial charge in [-0.1, -0.05) is 36.4 Å². The molecule has 0 saturated carbocycles. The number of carbonyl (C=O) groups excluding carboxylic acids is 3. The smallest absolute Gasteiger partial charge is 0.239 e. The van der Waals surface area contributed by atoms with Crippen LogP contribution in [0.4, 0.5) is 5.69 Å². The van der Waals surface area contributed by atoms with Crippen molar-refractivity contribution in [3.8, 4) is 0 Å². The molecule has 0 bridgehead atoms. The number of hydrogen-bond donors (Lipinski definition) is 0. The van der Waals surface area contributed by atoms with E-state index < -0.39 is 17.9 Å². The molecule has 4 atom stereocenters. The van der Waals surface area contributed by atoms with Crippen molar-refractivity contribution in [2.24, 2.45) is 11.8 Å². The van der Waals surface area contributed by atoms with Crippen LogP contribution in [0.5, 0.6) is 0 Å². The molecule has 3 aliphatic heterocycles. The van der Waals surface area contributed by atoms with E-state index >= 15 is 0 Å². The number of Topliss-reactive ketones (excluding diaryl/α,β-unsaturated/α-hetero) is 1. The second-order valence-corrected chi connectivity index (χ2v) is 8.53. The first-order chi connectivity index (χ1) is 14.0. The van der Waals surface area contributed by atoms with Crippen molar-refractivity contribution >= 4 is 23.3 Å². The number of amides is 2. The van der Waals surface area contributed by atoms with E-state index in [4.69, 9.17) is 0 Å². The minimum absolute atomic E-state index is 0.0231. The standard InChI is InChI=1S/C24H24N2O3/c1-14-11-15(2)13-17(12-14)26-23(28)19-18-9-6-10-25(18)21(20(19)24(26)29)22(27)16-7-4-3-5-8-16/h3-5,7-8,11-13,18-21H,6,9-10H2,1-2H3/t18-,19-,20-,21+/m1/s1. The van der Waals surface area contributed by atoms with Crippen LogP contribution in [-0.4, -0.2) is 41.1 Å². The fourth-order valence-electron chi connectivity index (χ4n) is 5.62. The Bertz CT molecular complexity index is 996. The van der Waals surface area contributed by atoms with Crippen LogP contribution in [0.25, 0.3) is 0 Å². The Morgan fingerprint density at radius 3 is 2.28 bits per heavy atom. The summed E-state index contributed by atoms with van der Waals surface area (Å²) in [6.45, 7) is 4.69. The SMILES string of the molecule is Cc1cc(C)cc(N2C(=O)[C@@H]3[C@H](C2=O)[C@H]2CCCN2[C@@H]3C(=O)c2ccccc2)c1. The van der Waals surface area contributed by atoms with Gasteiger partial charge in [0.15, 0.2) is 5.78 Å². The van der Waals surface area contributed by atoms with Gasteiger partial charge in [0.05, 0.1) is 23.6 Å². The zero-order valence-corrected chi connectivity index (χ0v) is 16.7. The number of anilines is 1. The predicted octanol–water partition coefficient (Wildman–Crippen LogP) is 3.14. The van der Waals surface area contributed by atoms with Crippen LogP contribution >= 0.6 is 0 Å². The van der Waals surface area contributed by atoms with E-state index in [0.29, 0.717) is 11.3 Å². The van der Waals surface area contributed by atoms with Crippen LogP contribution in [0.1, 0.15) is 34.3 Å². The molecule has 2 aromatic rings. The fourth-order valence-corrected chi connectivity index (χ4v) is 5.62. The molecule has 0 N–H and O–H groups in total. The van der Waals surface area contributed by atoms with Crippen LogP contribution < -0.4 is 4.90 Å². The van der Waals surface area contributed by atoms with E-state index in [9.17, 15) is 14.4 Å². The first-order valence-electron chi connectivity index (χ1n) is 10.3. The maximum absolute atomic E-state index is 13.5. The first-order valence-corrected chi connectivity index (χ1v) is 10.3. The lowest BCUT2D eigenvalue weighted by Gasteiger charge is -2.27. The molecule has 0 aromatic heterocycles. The van der Waals surface area contributed by atoms with Crippen molar-refractivity contribution in [1.29, 1.82) is 0 Å². The molecule has 3 heterocycles. The molecule has 2 amide bonds. The largest absolute Gasteiger partial charge is 0.292 e. The third-order valence-corrected chi connectivity index (χ3v) is 6.64. The fraction of sp³-hybridized carbons (Fsp3) is 0.375. The monoisotopic (exact) mass is 388 g/mol. The zero-order valence-electron chi connectivity index (χ0n) is 16.7. The van der Waals surface area contributed by atoms with Gasteiger partial charge in [-0.2, -0.15) is 0 Å². The average molecular weight is 388 g/mol. The molecule has 5 nitrogen and oxygen atoms in total. The molecule has 3 fully saturated rings. The van der Waals surface area contributed by atoms with Crippen LogP contribution in [0, 0.1) is 25.7 Å². The Morgan fingerprint density at radius 1 is 0.931 bits per heavy atom. The third kappa shape index (κ3) is 2.68. The highest BCUT2D eigenvalue weighted by molar-refractivity contribution is 6.24. The van der Waals surface area contributed by atoms with Gasteiger partial charge in [0.25, 0.3) is 0 Å². The van der Waals surface area contributed by atoms with Crippen LogP contribution in [-0.2, 0) is 9.59 Å². The van der Waals surface area contributed by atoms with Crippen molar-refractivity contribution in [2.75, 3.05) is 11.4 Å². The lowest BCUT2D eigenvalue weighted by Crippen LogP contribution is -2.46. The second-order valence-electron chi connectivity index (χ2n) is 8.53. The molecule has 3 aliphatic rings. The molecular formula is C24H24N2O3. The summed E-state index contributed by atoms with van der Waals surface area (Å²) < 4.78 is 0. The summed E-state index contributed by atoms with van der Waals surface area (Å²) in [5.41, 5.74) is 3.25. The summed E-state index contributed by atoms with van der Waals surface area (Å²) in [6, 6.07) is 14.3. The molecule has 5 heteroatoms. The van der Waals surface area contributed by atoms with Gasteiger partial charge in [0.2, 0.25) is 11.8 Å². The quantitative estimate of drug-likeness (QED) is 0.599. The van der Waals surface area contributed by atoms with E-state index in [-0.39, 0.29) is 23.6 Å². The van der Waals surface area contributed by atoms with E-state index in [1.807, 2.05) is 50.2 Å². The number of rotatable bonds is 3. The highest BCUT2D eigenvalue weighted by atomic mass is 16.2. The van der Waals surface area contributed by atoms with Crippen LogP contribution in [0.15, 0.2) is 48.5 Å². The van der Waals surface area contributed by atoms with Crippen molar-refractivity contribution in [1.82, 2.24) is 4.90 Å². The molecule has 3 saturated heterocycles. The lowest BCUT2D eigenvalue weighted by atomic mass is 9.85. The number of imide groups is 1. The molecule has 29 heavy (non-hydrogen) atoms. The van der Waals surface area contributed by atoms with E-state index in [1.165, 1.54) is 4.90 Å². The number of fused-ring (bicyclic) bond motifs is 3. The molecule has 0 spiro atoms. The normalized spacial score (nSPS) is 28.7. The maximum atomic E-state index is 13.5. The van der Waals surface area contributed by atoms with Gasteiger partial charge in [0, 0.05) is 11.6 Å². The summed E-state index contributed by atoms with van der Waals surface area (Å²) in [6.07, 6.45) is 1.82. The van der Waals surface area contributed by atoms with Crippen LogP contribution in [0.3, 0.4) is 0 Å². The topological polar surface area (TPSA) is 57.7 Å². The number of hydrogen-bond acceptors (Lipinski definition) is 4. The Kier molecular flexibility index (Phi) is 4.17. The molecule has 2 aromatic carbocycles. The molecule has 0 radical (unpaired) electrons. The number of nitrogens with zero attached hydrogens (tertiary/aromatic N) is 2. The summed E-state index contributed by atoms with van der Waals surface area (Å²) >= 11 is 0. The lowest BCUT2D eigenvalue weighted by molar-refractivity contribution is -0.123. The molecule has 148 valence electrons. The van der Waals surface area contributed by atoms with Crippen molar-refractivity contribution in [2.45, 2.75) is 38.8 Å². The number of ketones is 1. The minimum Gasteiger partial charge on any atom is -0.292 e. The van der Waals surface area contributed by atoms with Gasteiger partial charge in [-0.3, -0.25) is 19.3 Å². The van der Waals surface area contributed by atoms with Gasteiger partial charge in [-0.05, 0) is 56.5 Å². The van der Waals surface area contributed by atoms with Gasteiger partial charge >= 0.3 is 0 Å². The Hall–Kier alpha value is -2.79. The zero-order chi connectivity index (χ0) is 20.3. The van der Waals surface area contributed by atoms with E-state index in [0.717, 1.165) is 30.5 Å². The molecule has 5 rings (SSSR count). The van der Waals surface area contributed by atoms with Gasteiger partial charge in [-0.15, -0.1) is 0 Å². The summed E-state index contributed by atoms with van der Waals surface area (Å²) in [4.78, 5) is 43.8. The van der Waals surface area contributed by atoms with Gasteiger partial charge in [0.1, 0.15) is 0 Å². The average Bonchev–Trinajstić information content (AvgIpc) is 3.33. The van der Waals surface area contributed by atoms with Crippen molar-refractivity contribution in [3.05, 3.63) is 65.2 Å². The summed E-state index contributed by atoms with van der Waals surface area (Å²) in [7, 11) is 0. The molecule has 0 unspecified atom stereocenters. The summed E-state index contributed by atoms with van der Waals surface area (Å²) in [5, 5.41) is 0. The Morgan fingerprint density at radius 2 is 1.59 bits per heavy atom. The Balaban J connectivity index is 1.57. The number of benzene rings is 2. The minimum atomic E-state index is -0.596. The number of aryl methyl sites for hydroxylation is 2. The number of carbonyl (C=O) groups is 3. The van der Waals surface area contributed by atoms with Crippen LogP contribution in [0.2, 0.25) is 0 Å². The maximum Gasteiger partial charge on any atom is 0.239 e. The first kappa shape index (κ1) is 18.3. The highest BCUT2D eigenvalue weighted by Gasteiger charge is 2.64.